The number of carbonyl (C=O) groups is 1. The number of carbonyl (C=O) groups excluding carboxylic acids is 1. The topological polar surface area (TPSA) is 74.6 Å². The number of amides is 1. The highest BCUT2D eigenvalue weighted by atomic mass is 16.5. The van der Waals surface area contributed by atoms with Crippen LogP contribution < -0.4 is 19.5 Å². The predicted molar refractivity (Wildman–Crippen MR) is 114 cm³/mol. The van der Waals surface area contributed by atoms with E-state index in [-0.39, 0.29) is 5.91 Å². The van der Waals surface area contributed by atoms with E-state index in [1.54, 1.807) is 24.4 Å². The highest BCUT2D eigenvalue weighted by molar-refractivity contribution is 5.94. The first-order valence-electron chi connectivity index (χ1n) is 9.99. The Hall–Kier alpha value is -3.48. The third-order valence-electron chi connectivity index (χ3n) is 4.41. The smallest absolute Gasteiger partial charge is 0.251 e. The quantitative estimate of drug-likeness (QED) is 0.492. The molecule has 0 saturated heterocycles. The standard InChI is InChI=1S/C23H27N3O4/c1-3-28-21-17-18(23(27)25-12-11-22-24-13-14-26(22)2)9-10-20(21)30-16-15-29-19-7-5-4-6-8-19/h4-10,13-14,17H,3,11-12,15-16H2,1-2H3,(H,25,27). The molecule has 0 radical (unpaired) electrons. The molecule has 0 spiro atoms. The van der Waals surface area contributed by atoms with Crippen molar-refractivity contribution in [3.05, 3.63) is 72.3 Å². The lowest BCUT2D eigenvalue weighted by molar-refractivity contribution is 0.0953. The van der Waals surface area contributed by atoms with E-state index in [0.29, 0.717) is 49.8 Å². The van der Waals surface area contributed by atoms with Crippen molar-refractivity contribution < 1.29 is 19.0 Å². The zero-order valence-electron chi connectivity index (χ0n) is 17.3. The minimum atomic E-state index is -0.163. The van der Waals surface area contributed by atoms with Crippen molar-refractivity contribution in [2.45, 2.75) is 13.3 Å². The minimum Gasteiger partial charge on any atom is -0.490 e. The average molecular weight is 409 g/mol. The summed E-state index contributed by atoms with van der Waals surface area (Å²) in [5.74, 6) is 2.67. The highest BCUT2D eigenvalue weighted by Gasteiger charge is 2.12. The fourth-order valence-electron chi connectivity index (χ4n) is 2.89. The molecule has 0 aliphatic heterocycles. The van der Waals surface area contributed by atoms with Gasteiger partial charge in [-0.25, -0.2) is 4.98 Å². The van der Waals surface area contributed by atoms with Crippen LogP contribution in [0.3, 0.4) is 0 Å². The van der Waals surface area contributed by atoms with E-state index in [9.17, 15) is 4.79 Å². The van der Waals surface area contributed by atoms with Gasteiger partial charge >= 0.3 is 0 Å². The van der Waals surface area contributed by atoms with E-state index < -0.39 is 0 Å². The average Bonchev–Trinajstić information content (AvgIpc) is 3.17. The summed E-state index contributed by atoms with van der Waals surface area (Å²) < 4.78 is 19.0. The molecule has 0 aliphatic carbocycles. The first-order chi connectivity index (χ1) is 14.7. The monoisotopic (exact) mass is 409 g/mol. The number of rotatable bonds is 11. The fourth-order valence-corrected chi connectivity index (χ4v) is 2.89. The summed E-state index contributed by atoms with van der Waals surface area (Å²) in [5, 5.41) is 2.92. The number of aryl methyl sites for hydroxylation is 1. The molecular weight excluding hydrogens is 382 g/mol. The lowest BCUT2D eigenvalue weighted by Gasteiger charge is -2.14. The maximum absolute atomic E-state index is 12.5. The lowest BCUT2D eigenvalue weighted by atomic mass is 10.2. The summed E-state index contributed by atoms with van der Waals surface area (Å²) in [4.78, 5) is 16.7. The molecule has 0 unspecified atom stereocenters. The first-order valence-corrected chi connectivity index (χ1v) is 9.99. The van der Waals surface area contributed by atoms with Gasteiger partial charge in [0.2, 0.25) is 0 Å². The fraction of sp³-hybridized carbons (Fsp3) is 0.304. The van der Waals surface area contributed by atoms with Crippen LogP contribution in [-0.2, 0) is 13.5 Å². The Balaban J connectivity index is 1.52. The largest absolute Gasteiger partial charge is 0.490 e. The maximum Gasteiger partial charge on any atom is 0.251 e. The lowest BCUT2D eigenvalue weighted by Crippen LogP contribution is -2.26. The molecule has 0 atom stereocenters. The molecule has 1 aromatic heterocycles. The number of benzene rings is 2. The van der Waals surface area contributed by atoms with Gasteiger partial charge in [-0.15, -0.1) is 0 Å². The molecule has 1 heterocycles. The molecular formula is C23H27N3O4. The van der Waals surface area contributed by atoms with Crippen LogP contribution in [0.25, 0.3) is 0 Å². The van der Waals surface area contributed by atoms with Gasteiger partial charge in [0.05, 0.1) is 6.61 Å². The summed E-state index contributed by atoms with van der Waals surface area (Å²) in [6, 6.07) is 14.8. The number of hydrogen-bond acceptors (Lipinski definition) is 5. The van der Waals surface area contributed by atoms with Gasteiger partial charge in [-0.3, -0.25) is 4.79 Å². The molecule has 3 aromatic rings. The maximum atomic E-state index is 12.5. The molecule has 0 saturated carbocycles. The van der Waals surface area contributed by atoms with E-state index in [1.807, 2.05) is 55.1 Å². The second kappa shape index (κ2) is 10.9. The van der Waals surface area contributed by atoms with Crippen LogP contribution in [0.1, 0.15) is 23.1 Å². The molecule has 1 N–H and O–H groups in total. The molecule has 2 aromatic carbocycles. The van der Waals surface area contributed by atoms with Crippen LogP contribution in [0.4, 0.5) is 0 Å². The third-order valence-corrected chi connectivity index (χ3v) is 4.41. The van der Waals surface area contributed by atoms with Crippen molar-refractivity contribution in [1.29, 1.82) is 0 Å². The number of ether oxygens (including phenoxy) is 3. The Morgan fingerprint density at radius 2 is 1.83 bits per heavy atom. The van der Waals surface area contributed by atoms with Crippen molar-refractivity contribution in [1.82, 2.24) is 14.9 Å². The van der Waals surface area contributed by atoms with Crippen molar-refractivity contribution in [3.63, 3.8) is 0 Å². The number of aromatic nitrogens is 2. The van der Waals surface area contributed by atoms with Crippen LogP contribution >= 0.6 is 0 Å². The van der Waals surface area contributed by atoms with Crippen LogP contribution in [0.5, 0.6) is 17.2 Å². The molecule has 1 amide bonds. The van der Waals surface area contributed by atoms with Gasteiger partial charge in [0.25, 0.3) is 5.91 Å². The van der Waals surface area contributed by atoms with Crippen LogP contribution in [-0.4, -0.2) is 41.8 Å². The molecule has 7 heteroatoms. The highest BCUT2D eigenvalue weighted by Crippen LogP contribution is 2.28. The van der Waals surface area contributed by atoms with Crippen molar-refractivity contribution in [3.8, 4) is 17.2 Å². The molecule has 3 rings (SSSR count). The van der Waals surface area contributed by atoms with Crippen LogP contribution in [0.15, 0.2) is 60.9 Å². The second-order valence-corrected chi connectivity index (χ2v) is 6.56. The zero-order valence-corrected chi connectivity index (χ0v) is 17.3. The molecule has 0 bridgehead atoms. The van der Waals surface area contributed by atoms with Gasteiger partial charge < -0.3 is 24.1 Å². The molecule has 0 aliphatic rings. The van der Waals surface area contributed by atoms with Crippen molar-refractivity contribution in [2.24, 2.45) is 7.05 Å². The van der Waals surface area contributed by atoms with Gasteiger partial charge in [-0.1, -0.05) is 18.2 Å². The van der Waals surface area contributed by atoms with Crippen molar-refractivity contribution >= 4 is 5.91 Å². The molecule has 0 fully saturated rings. The Kier molecular flexibility index (Phi) is 7.71. The van der Waals surface area contributed by atoms with E-state index in [0.717, 1.165) is 11.6 Å². The Labute approximate surface area is 176 Å². The van der Waals surface area contributed by atoms with Gasteiger partial charge in [-0.2, -0.15) is 0 Å². The predicted octanol–water partition coefficient (Wildman–Crippen LogP) is 3.25. The summed E-state index contributed by atoms with van der Waals surface area (Å²) in [6.07, 6.45) is 4.29. The Morgan fingerprint density at radius 1 is 1.03 bits per heavy atom. The summed E-state index contributed by atoms with van der Waals surface area (Å²) in [7, 11) is 1.93. The molecule has 30 heavy (non-hydrogen) atoms. The van der Waals surface area contributed by atoms with Gasteiger partial charge in [0.15, 0.2) is 11.5 Å². The summed E-state index contributed by atoms with van der Waals surface area (Å²) >= 11 is 0. The number of nitrogens with zero attached hydrogens (tertiary/aromatic N) is 2. The van der Waals surface area contributed by atoms with E-state index in [4.69, 9.17) is 14.2 Å². The Bertz CT molecular complexity index is 941. The molecule has 158 valence electrons. The second-order valence-electron chi connectivity index (χ2n) is 6.56. The van der Waals surface area contributed by atoms with Gasteiger partial charge in [-0.05, 0) is 37.3 Å². The number of nitrogens with one attached hydrogen (secondary N) is 1. The summed E-state index contributed by atoms with van der Waals surface area (Å²) in [5.41, 5.74) is 0.520. The van der Waals surface area contributed by atoms with Crippen LogP contribution in [0.2, 0.25) is 0 Å². The SMILES string of the molecule is CCOc1cc(C(=O)NCCc2nccn2C)ccc1OCCOc1ccccc1. The number of hydrogen-bond donors (Lipinski definition) is 1. The first kappa shape index (κ1) is 21.2. The van der Waals surface area contributed by atoms with E-state index in [2.05, 4.69) is 10.3 Å². The summed E-state index contributed by atoms with van der Waals surface area (Å²) in [6.45, 7) is 3.64. The van der Waals surface area contributed by atoms with E-state index in [1.165, 1.54) is 0 Å². The van der Waals surface area contributed by atoms with Crippen molar-refractivity contribution in [2.75, 3.05) is 26.4 Å². The van der Waals surface area contributed by atoms with Crippen LogP contribution in [0, 0.1) is 0 Å². The van der Waals surface area contributed by atoms with Gasteiger partial charge in [0.1, 0.15) is 24.8 Å². The molecule has 7 nitrogen and oxygen atoms in total. The number of para-hydroxylation sites is 1. The zero-order chi connectivity index (χ0) is 21.2. The normalized spacial score (nSPS) is 10.5. The Morgan fingerprint density at radius 3 is 2.57 bits per heavy atom. The number of imidazole rings is 1. The van der Waals surface area contributed by atoms with E-state index >= 15 is 0 Å². The third kappa shape index (κ3) is 6.01. The minimum absolute atomic E-state index is 0.163. The van der Waals surface area contributed by atoms with Gasteiger partial charge in [0, 0.05) is 38.0 Å².